The van der Waals surface area contributed by atoms with Crippen LogP contribution in [0.2, 0.25) is 0 Å². The normalized spacial score (nSPS) is 18.9. The largest absolute Gasteiger partial charge is 0.452 e. The molecule has 1 heterocycles. The van der Waals surface area contributed by atoms with Gasteiger partial charge in [0, 0.05) is 19.6 Å². The van der Waals surface area contributed by atoms with Crippen LogP contribution in [0, 0.1) is 0 Å². The van der Waals surface area contributed by atoms with Gasteiger partial charge in [-0.2, -0.15) is 0 Å². The van der Waals surface area contributed by atoms with Gasteiger partial charge in [-0.25, -0.2) is 14.8 Å². The molecule has 4 nitrogen and oxygen atoms in total. The first kappa shape index (κ1) is 8.33. The van der Waals surface area contributed by atoms with Gasteiger partial charge in [0.2, 0.25) is 0 Å². The molecule has 1 rings (SSSR count). The summed E-state index contributed by atoms with van der Waals surface area (Å²) in [5, 5.41) is 3.64. The fourth-order valence-corrected chi connectivity index (χ4v) is 1.31. The zero-order chi connectivity index (χ0) is 8.27. The molecule has 0 N–H and O–H groups in total. The molecule has 1 aliphatic rings. The second-order valence-corrected chi connectivity index (χ2v) is 2.49. The molecule has 0 bridgehead atoms. The lowest BCUT2D eigenvalue weighted by atomic mass is 10.5. The van der Waals surface area contributed by atoms with Crippen LogP contribution in [0.3, 0.4) is 0 Å². The van der Waals surface area contributed by atoms with E-state index < -0.39 is 0 Å². The Labute approximate surface area is 66.7 Å². The quantitative estimate of drug-likeness (QED) is 0.563. The third-order valence-corrected chi connectivity index (χ3v) is 1.88. The Hall–Kier alpha value is -0.770. The summed E-state index contributed by atoms with van der Waals surface area (Å²) < 4.78 is 4.61. The number of rotatable bonds is 1. The highest BCUT2D eigenvalue weighted by Gasteiger charge is 2.25. The zero-order valence-electron chi connectivity index (χ0n) is 7.04. The maximum Gasteiger partial charge on any atom is 0.424 e. The predicted octanol–water partition coefficient (Wildman–Crippen LogP) is 0.695. The molecule has 1 saturated heterocycles. The summed E-state index contributed by atoms with van der Waals surface area (Å²) in [7, 11) is 1.41. The van der Waals surface area contributed by atoms with Crippen LogP contribution >= 0.6 is 0 Å². The number of carbonyl (C=O) groups excluding carboxylic acids is 1. The Balaban J connectivity index is 2.49. The van der Waals surface area contributed by atoms with Crippen molar-refractivity contribution in [3.8, 4) is 0 Å². The van der Waals surface area contributed by atoms with Gasteiger partial charge in [-0.1, -0.05) is 6.92 Å². The van der Waals surface area contributed by atoms with Crippen LogP contribution in [-0.2, 0) is 4.74 Å². The molecule has 1 amide bonds. The van der Waals surface area contributed by atoms with Gasteiger partial charge in [0.1, 0.15) is 0 Å². The molecule has 0 aromatic heterocycles. The lowest BCUT2D eigenvalue weighted by Gasteiger charge is -2.24. The second kappa shape index (κ2) is 3.57. The maximum absolute atomic E-state index is 11.0. The summed E-state index contributed by atoms with van der Waals surface area (Å²) in [4.78, 5) is 11.0. The SMILES string of the molecule is CCN1CCCN1C(=O)OC. The minimum atomic E-state index is -0.246. The van der Waals surface area contributed by atoms with Crippen molar-refractivity contribution in [3.05, 3.63) is 0 Å². The molecule has 11 heavy (non-hydrogen) atoms. The molecule has 0 aromatic rings. The average Bonchev–Trinajstić information content (AvgIpc) is 2.50. The second-order valence-electron chi connectivity index (χ2n) is 2.49. The molecule has 0 radical (unpaired) electrons. The van der Waals surface area contributed by atoms with E-state index in [-0.39, 0.29) is 6.09 Å². The van der Waals surface area contributed by atoms with E-state index >= 15 is 0 Å². The third kappa shape index (κ3) is 1.63. The molecular weight excluding hydrogens is 144 g/mol. The number of methoxy groups -OCH3 is 1. The Kier molecular flexibility index (Phi) is 2.70. The number of hydrazine groups is 1. The summed E-state index contributed by atoms with van der Waals surface area (Å²) in [6.45, 7) is 4.66. The molecule has 64 valence electrons. The van der Waals surface area contributed by atoms with Gasteiger partial charge in [-0.15, -0.1) is 0 Å². The van der Waals surface area contributed by atoms with E-state index in [1.807, 2.05) is 11.9 Å². The molecular formula is C7H14N2O2. The minimum absolute atomic E-state index is 0.246. The summed E-state index contributed by atoms with van der Waals surface area (Å²) in [6, 6.07) is 0. The number of hydrogen-bond donors (Lipinski definition) is 0. The Morgan fingerprint density at radius 3 is 2.82 bits per heavy atom. The maximum atomic E-state index is 11.0. The summed E-state index contributed by atoms with van der Waals surface area (Å²) in [5.41, 5.74) is 0. The third-order valence-electron chi connectivity index (χ3n) is 1.88. The van der Waals surface area contributed by atoms with Crippen molar-refractivity contribution in [1.29, 1.82) is 0 Å². The topological polar surface area (TPSA) is 32.8 Å². The van der Waals surface area contributed by atoms with Gasteiger partial charge < -0.3 is 4.74 Å². The van der Waals surface area contributed by atoms with Crippen LogP contribution in [-0.4, -0.2) is 42.9 Å². The van der Waals surface area contributed by atoms with E-state index in [1.165, 1.54) is 7.11 Å². The van der Waals surface area contributed by atoms with E-state index in [4.69, 9.17) is 0 Å². The number of ether oxygens (including phenoxy) is 1. The number of nitrogens with zero attached hydrogens (tertiary/aromatic N) is 2. The molecule has 0 spiro atoms. The molecule has 4 heteroatoms. The summed E-state index contributed by atoms with van der Waals surface area (Å²) in [5.74, 6) is 0. The minimum Gasteiger partial charge on any atom is -0.452 e. The lowest BCUT2D eigenvalue weighted by molar-refractivity contribution is 0.0268. The van der Waals surface area contributed by atoms with Crippen molar-refractivity contribution in [2.75, 3.05) is 26.7 Å². The van der Waals surface area contributed by atoms with Crippen LogP contribution in [0.4, 0.5) is 4.79 Å². The predicted molar refractivity (Wildman–Crippen MR) is 41.0 cm³/mol. The fraction of sp³-hybridized carbons (Fsp3) is 0.857. The van der Waals surface area contributed by atoms with Crippen LogP contribution < -0.4 is 0 Å². The molecule has 0 aromatic carbocycles. The highest BCUT2D eigenvalue weighted by Crippen LogP contribution is 2.10. The number of hydrogen-bond acceptors (Lipinski definition) is 3. The average molecular weight is 158 g/mol. The Morgan fingerprint density at radius 2 is 2.27 bits per heavy atom. The smallest absolute Gasteiger partial charge is 0.424 e. The van der Waals surface area contributed by atoms with Crippen molar-refractivity contribution in [2.45, 2.75) is 13.3 Å². The van der Waals surface area contributed by atoms with E-state index in [0.29, 0.717) is 0 Å². The standard InChI is InChI=1S/C7H14N2O2/c1-3-8-5-4-6-9(8)7(10)11-2/h3-6H2,1-2H3. The molecule has 0 atom stereocenters. The molecule has 1 aliphatic heterocycles. The first-order chi connectivity index (χ1) is 5.29. The highest BCUT2D eigenvalue weighted by molar-refractivity contribution is 5.66. The lowest BCUT2D eigenvalue weighted by Crippen LogP contribution is -2.40. The highest BCUT2D eigenvalue weighted by atomic mass is 16.5. The van der Waals surface area contributed by atoms with Gasteiger partial charge in [0.05, 0.1) is 7.11 Å². The van der Waals surface area contributed by atoms with Crippen molar-refractivity contribution in [3.63, 3.8) is 0 Å². The molecule has 0 aliphatic carbocycles. The van der Waals surface area contributed by atoms with Gasteiger partial charge in [-0.3, -0.25) is 0 Å². The summed E-state index contributed by atoms with van der Waals surface area (Å²) >= 11 is 0. The van der Waals surface area contributed by atoms with E-state index in [9.17, 15) is 4.79 Å². The Bertz CT molecular complexity index is 149. The number of amides is 1. The van der Waals surface area contributed by atoms with Crippen LogP contribution in [0.15, 0.2) is 0 Å². The van der Waals surface area contributed by atoms with E-state index in [0.717, 1.165) is 26.1 Å². The zero-order valence-corrected chi connectivity index (χ0v) is 7.04. The van der Waals surface area contributed by atoms with Gasteiger partial charge in [0.15, 0.2) is 0 Å². The Morgan fingerprint density at radius 1 is 1.55 bits per heavy atom. The van der Waals surface area contributed by atoms with Crippen molar-refractivity contribution in [1.82, 2.24) is 10.0 Å². The molecule has 0 unspecified atom stereocenters. The molecule has 0 saturated carbocycles. The van der Waals surface area contributed by atoms with Crippen molar-refractivity contribution >= 4 is 6.09 Å². The van der Waals surface area contributed by atoms with E-state index in [1.54, 1.807) is 5.01 Å². The first-order valence-electron chi connectivity index (χ1n) is 3.90. The van der Waals surface area contributed by atoms with Gasteiger partial charge in [0.25, 0.3) is 0 Å². The van der Waals surface area contributed by atoms with Crippen LogP contribution in [0.1, 0.15) is 13.3 Å². The van der Waals surface area contributed by atoms with Gasteiger partial charge in [-0.05, 0) is 6.42 Å². The first-order valence-corrected chi connectivity index (χ1v) is 3.90. The molecule has 1 fully saturated rings. The summed E-state index contributed by atoms with van der Waals surface area (Å²) in [6.07, 6.45) is 0.799. The number of carbonyl (C=O) groups is 1. The van der Waals surface area contributed by atoms with Crippen LogP contribution in [0.5, 0.6) is 0 Å². The van der Waals surface area contributed by atoms with Gasteiger partial charge >= 0.3 is 6.09 Å². The van der Waals surface area contributed by atoms with Crippen molar-refractivity contribution < 1.29 is 9.53 Å². The fourth-order valence-electron chi connectivity index (χ4n) is 1.31. The van der Waals surface area contributed by atoms with Crippen LogP contribution in [0.25, 0.3) is 0 Å². The monoisotopic (exact) mass is 158 g/mol. The van der Waals surface area contributed by atoms with Crippen molar-refractivity contribution in [2.24, 2.45) is 0 Å². The van der Waals surface area contributed by atoms with E-state index in [2.05, 4.69) is 4.74 Å².